The minimum absolute atomic E-state index is 0.412. The van der Waals surface area contributed by atoms with Crippen molar-refractivity contribution in [2.75, 3.05) is 0 Å². The van der Waals surface area contributed by atoms with Crippen LogP contribution < -0.4 is 0 Å². The van der Waals surface area contributed by atoms with E-state index in [1.807, 2.05) is 6.08 Å². The van der Waals surface area contributed by atoms with Gasteiger partial charge in [0, 0.05) is 0 Å². The van der Waals surface area contributed by atoms with Gasteiger partial charge in [-0.05, 0) is 39.0 Å². The van der Waals surface area contributed by atoms with Crippen LogP contribution in [0.2, 0.25) is 0 Å². The molecule has 5 rings (SSSR count). The van der Waals surface area contributed by atoms with Crippen molar-refractivity contribution in [2.24, 2.45) is 0 Å². The Hall–Kier alpha value is -3.06. The molecule has 0 saturated carbocycles. The van der Waals surface area contributed by atoms with E-state index in [1.165, 1.54) is 33.4 Å². The van der Waals surface area contributed by atoms with Crippen molar-refractivity contribution in [3.8, 4) is 11.1 Å². The largest absolute Gasteiger partial charge is 0.110 e. The fourth-order valence-electron chi connectivity index (χ4n) is 4.70. The monoisotopic (exact) mass is 328 g/mol. The van der Waals surface area contributed by atoms with Gasteiger partial charge in [0.05, 0.1) is 5.41 Å². The summed E-state index contributed by atoms with van der Waals surface area (Å²) >= 11 is 0. The number of hydrogen-bond acceptors (Lipinski definition) is 0. The predicted octanol–water partition coefficient (Wildman–Crippen LogP) is 5.64. The highest BCUT2D eigenvalue weighted by Crippen LogP contribution is 2.60. The third-order valence-electron chi connectivity index (χ3n) is 5.67. The first-order valence-corrected chi connectivity index (χ1v) is 8.88. The third-order valence-corrected chi connectivity index (χ3v) is 5.67. The first-order valence-electron chi connectivity index (χ1n) is 8.88. The molecule has 0 aliphatic heterocycles. The van der Waals surface area contributed by atoms with E-state index < -0.39 is 5.41 Å². The molecule has 0 N–H and O–H groups in total. The number of allylic oxidation sites excluding steroid dienone is 5. The molecule has 3 aromatic carbocycles. The van der Waals surface area contributed by atoms with E-state index in [0.29, 0.717) is 0 Å². The average molecular weight is 328 g/mol. The second kappa shape index (κ2) is 5.47. The Kier molecular flexibility index (Phi) is 3.20. The first-order chi connectivity index (χ1) is 12.8. The summed E-state index contributed by atoms with van der Waals surface area (Å²) in [5.74, 6) is 0. The zero-order valence-electron chi connectivity index (χ0n) is 14.4. The Balaban J connectivity index is 1.97. The second-order valence-electron chi connectivity index (χ2n) is 6.81. The summed E-state index contributed by atoms with van der Waals surface area (Å²) in [7, 11) is 6.93. The fourth-order valence-corrected chi connectivity index (χ4v) is 4.70. The molecule has 0 fully saturated rings. The number of hydrogen-bond donors (Lipinski definition) is 0. The van der Waals surface area contributed by atoms with E-state index in [4.69, 9.17) is 7.85 Å². The molecule has 26 heavy (non-hydrogen) atoms. The molecule has 0 atom stereocenters. The molecule has 0 amide bonds. The van der Waals surface area contributed by atoms with Gasteiger partial charge in [-0.1, -0.05) is 103 Å². The quantitative estimate of drug-likeness (QED) is 0.422. The molecule has 2 radical (unpaired) electrons. The minimum Gasteiger partial charge on any atom is -0.0991 e. The van der Waals surface area contributed by atoms with E-state index >= 15 is 0 Å². The standard InChI is InChI=1S/C25H17B/c1-2-3-10-20-19-13-6-9-16-23(19)25(24(20)26)21-14-7-4-11-17(21)18-12-5-8-15-22(18)25/h2-16H,1H2/b10-3-. The molecular formula is C25H17B. The van der Waals surface area contributed by atoms with Crippen molar-refractivity contribution >= 4 is 13.4 Å². The lowest BCUT2D eigenvalue weighted by molar-refractivity contribution is 0.805. The molecule has 0 bridgehead atoms. The highest BCUT2D eigenvalue weighted by Gasteiger charge is 2.50. The average Bonchev–Trinajstić information content (AvgIpc) is 3.13. The van der Waals surface area contributed by atoms with Crippen LogP contribution in [0.25, 0.3) is 16.7 Å². The Morgan fingerprint density at radius 3 is 1.69 bits per heavy atom. The van der Waals surface area contributed by atoms with Crippen LogP contribution in [-0.2, 0) is 5.41 Å². The maximum atomic E-state index is 6.93. The Morgan fingerprint density at radius 2 is 1.15 bits per heavy atom. The van der Waals surface area contributed by atoms with Gasteiger partial charge in [-0.2, -0.15) is 0 Å². The van der Waals surface area contributed by atoms with Gasteiger partial charge in [0.25, 0.3) is 0 Å². The number of rotatable bonds is 2. The van der Waals surface area contributed by atoms with Gasteiger partial charge in [0.2, 0.25) is 0 Å². The summed E-state index contributed by atoms with van der Waals surface area (Å²) in [5.41, 5.74) is 9.13. The van der Waals surface area contributed by atoms with Crippen LogP contribution in [-0.4, -0.2) is 7.85 Å². The van der Waals surface area contributed by atoms with Crippen LogP contribution in [0.3, 0.4) is 0 Å². The summed E-state index contributed by atoms with van der Waals surface area (Å²) in [5, 5.41) is 0. The molecule has 1 heteroatoms. The van der Waals surface area contributed by atoms with E-state index in [0.717, 1.165) is 11.0 Å². The highest BCUT2D eigenvalue weighted by atomic mass is 14.5. The summed E-state index contributed by atoms with van der Waals surface area (Å²) in [6.07, 6.45) is 5.84. The van der Waals surface area contributed by atoms with Crippen LogP contribution in [0.5, 0.6) is 0 Å². The summed E-state index contributed by atoms with van der Waals surface area (Å²) in [6, 6.07) is 25.9. The lowest BCUT2D eigenvalue weighted by Gasteiger charge is -2.31. The van der Waals surface area contributed by atoms with Gasteiger partial charge in [0.1, 0.15) is 7.85 Å². The Morgan fingerprint density at radius 1 is 0.692 bits per heavy atom. The maximum Gasteiger partial charge on any atom is 0.110 e. The smallest absolute Gasteiger partial charge is 0.0991 e. The Labute approximate surface area is 155 Å². The van der Waals surface area contributed by atoms with Gasteiger partial charge < -0.3 is 0 Å². The lowest BCUT2D eigenvalue weighted by atomic mass is 9.63. The van der Waals surface area contributed by atoms with Crippen LogP contribution in [0.1, 0.15) is 22.3 Å². The summed E-state index contributed by atoms with van der Waals surface area (Å²) in [6.45, 7) is 3.81. The van der Waals surface area contributed by atoms with Crippen LogP contribution in [0.15, 0.2) is 103 Å². The van der Waals surface area contributed by atoms with Crippen molar-refractivity contribution in [1.29, 1.82) is 0 Å². The van der Waals surface area contributed by atoms with E-state index in [1.54, 1.807) is 6.08 Å². The molecule has 1 spiro atoms. The normalized spacial score (nSPS) is 16.0. The molecule has 3 aromatic rings. The van der Waals surface area contributed by atoms with E-state index in [9.17, 15) is 0 Å². The summed E-state index contributed by atoms with van der Waals surface area (Å²) < 4.78 is 0. The zero-order chi connectivity index (χ0) is 17.7. The van der Waals surface area contributed by atoms with Crippen molar-refractivity contribution < 1.29 is 0 Å². The molecule has 0 heterocycles. The fraction of sp³-hybridized carbons (Fsp3) is 0.0400. The van der Waals surface area contributed by atoms with Crippen molar-refractivity contribution in [1.82, 2.24) is 0 Å². The van der Waals surface area contributed by atoms with Gasteiger partial charge in [-0.3, -0.25) is 0 Å². The lowest BCUT2D eigenvalue weighted by Crippen LogP contribution is -2.27. The SMILES string of the molecule is [B]C1=C(/C=C\C=C)c2ccccc2C12c1ccccc1-c1ccccc12. The minimum atomic E-state index is -0.412. The topological polar surface area (TPSA) is 0 Å². The molecule has 0 unspecified atom stereocenters. The van der Waals surface area contributed by atoms with Gasteiger partial charge in [-0.15, -0.1) is 0 Å². The first kappa shape index (κ1) is 15.2. The van der Waals surface area contributed by atoms with Crippen LogP contribution >= 0.6 is 0 Å². The van der Waals surface area contributed by atoms with Crippen LogP contribution in [0.4, 0.5) is 0 Å². The highest BCUT2D eigenvalue weighted by molar-refractivity contribution is 6.30. The van der Waals surface area contributed by atoms with Crippen molar-refractivity contribution in [2.45, 2.75) is 5.41 Å². The van der Waals surface area contributed by atoms with E-state index in [2.05, 4.69) is 85.5 Å². The molecule has 0 aromatic heterocycles. The van der Waals surface area contributed by atoms with Crippen molar-refractivity contribution in [3.63, 3.8) is 0 Å². The number of fused-ring (bicyclic) bond motifs is 7. The van der Waals surface area contributed by atoms with Gasteiger partial charge in [-0.25, -0.2) is 0 Å². The molecule has 0 saturated heterocycles. The maximum absolute atomic E-state index is 6.93. The second-order valence-corrected chi connectivity index (χ2v) is 6.81. The molecule has 120 valence electrons. The van der Waals surface area contributed by atoms with Crippen molar-refractivity contribution in [3.05, 3.63) is 125 Å². The predicted molar refractivity (Wildman–Crippen MR) is 110 cm³/mol. The molecular weight excluding hydrogens is 311 g/mol. The number of benzene rings is 3. The molecule has 2 aliphatic rings. The van der Waals surface area contributed by atoms with Crippen LogP contribution in [0, 0.1) is 0 Å². The molecule has 0 nitrogen and oxygen atoms in total. The molecule has 2 aliphatic carbocycles. The van der Waals surface area contributed by atoms with Gasteiger partial charge in [0.15, 0.2) is 0 Å². The summed E-state index contributed by atoms with van der Waals surface area (Å²) in [4.78, 5) is 0. The third kappa shape index (κ3) is 1.70. The zero-order valence-corrected chi connectivity index (χ0v) is 14.4. The van der Waals surface area contributed by atoms with Gasteiger partial charge >= 0.3 is 0 Å². The van der Waals surface area contributed by atoms with E-state index in [-0.39, 0.29) is 0 Å². The Bertz CT molecular complexity index is 1070.